The van der Waals surface area contributed by atoms with E-state index in [2.05, 4.69) is 13.5 Å². The molecule has 2 saturated carbocycles. The summed E-state index contributed by atoms with van der Waals surface area (Å²) < 4.78 is 62.1. The van der Waals surface area contributed by atoms with E-state index in [0.29, 0.717) is 30.8 Å². The zero-order chi connectivity index (χ0) is 27.6. The molecule has 0 atom stereocenters. The molecule has 4 rings (SSSR count). The van der Waals surface area contributed by atoms with Crippen molar-refractivity contribution in [3.63, 3.8) is 0 Å². The summed E-state index contributed by atoms with van der Waals surface area (Å²) in [6.07, 6.45) is 11.3. The second-order valence-corrected chi connectivity index (χ2v) is 11.0. The van der Waals surface area contributed by atoms with Gasteiger partial charge in [-0.05, 0) is 105 Å². The molecule has 39 heavy (non-hydrogen) atoms. The van der Waals surface area contributed by atoms with Crippen molar-refractivity contribution in [1.82, 2.24) is 0 Å². The van der Waals surface area contributed by atoms with Crippen LogP contribution in [0.25, 0.3) is 0 Å². The average Bonchev–Trinajstić information content (AvgIpc) is 2.95. The van der Waals surface area contributed by atoms with E-state index < -0.39 is 17.5 Å². The maximum atomic E-state index is 15.2. The van der Waals surface area contributed by atoms with E-state index >= 15 is 8.78 Å². The van der Waals surface area contributed by atoms with E-state index in [-0.39, 0.29) is 29.8 Å². The summed E-state index contributed by atoms with van der Waals surface area (Å²) in [6, 6.07) is 8.51. The fraction of sp³-hybridized carbons (Fsp3) is 0.576. The van der Waals surface area contributed by atoms with Crippen LogP contribution in [0.3, 0.4) is 0 Å². The Kier molecular flexibility index (Phi) is 11.3. The van der Waals surface area contributed by atoms with Crippen molar-refractivity contribution in [2.24, 2.45) is 0 Å². The van der Waals surface area contributed by atoms with E-state index in [4.69, 9.17) is 14.2 Å². The maximum absolute atomic E-state index is 15.2. The third-order valence-corrected chi connectivity index (χ3v) is 8.28. The predicted octanol–water partition coefficient (Wildman–Crippen LogP) is 9.14. The average molecular weight is 545 g/mol. The molecular weight excluding hydrogens is 501 g/mol. The fourth-order valence-corrected chi connectivity index (χ4v) is 5.90. The first-order valence-corrected chi connectivity index (χ1v) is 14.7. The number of hydrogen-bond donors (Lipinski definition) is 0. The van der Waals surface area contributed by atoms with Crippen LogP contribution in [0.1, 0.15) is 106 Å². The van der Waals surface area contributed by atoms with Crippen molar-refractivity contribution in [3.8, 4) is 5.75 Å². The minimum atomic E-state index is -0.677. The van der Waals surface area contributed by atoms with Crippen molar-refractivity contribution in [1.29, 1.82) is 0 Å². The Morgan fingerprint density at radius 2 is 1.38 bits per heavy atom. The quantitative estimate of drug-likeness (QED) is 0.186. The molecule has 0 N–H and O–H groups in total. The van der Waals surface area contributed by atoms with Gasteiger partial charge in [0.1, 0.15) is 0 Å². The minimum absolute atomic E-state index is 0.0134. The zero-order valence-corrected chi connectivity index (χ0v) is 23.2. The summed E-state index contributed by atoms with van der Waals surface area (Å²) in [5.74, 6) is -1.48. The lowest BCUT2D eigenvalue weighted by Crippen LogP contribution is -2.23. The smallest absolute Gasteiger partial charge is 0.165 e. The Morgan fingerprint density at radius 1 is 0.795 bits per heavy atom. The van der Waals surface area contributed by atoms with Crippen LogP contribution in [0, 0.1) is 17.5 Å². The molecule has 2 fully saturated rings. The van der Waals surface area contributed by atoms with Gasteiger partial charge in [0.25, 0.3) is 0 Å². The Hall–Kier alpha value is -2.31. The van der Waals surface area contributed by atoms with Gasteiger partial charge in [0.15, 0.2) is 23.2 Å². The van der Waals surface area contributed by atoms with Crippen LogP contribution < -0.4 is 4.74 Å². The van der Waals surface area contributed by atoms with Crippen LogP contribution in [-0.2, 0) is 16.1 Å². The molecule has 214 valence electrons. The second-order valence-electron chi connectivity index (χ2n) is 11.0. The normalized spacial score (nSPS) is 23.5. The van der Waals surface area contributed by atoms with E-state index in [9.17, 15) is 4.39 Å². The van der Waals surface area contributed by atoms with E-state index in [1.807, 2.05) is 18.2 Å². The topological polar surface area (TPSA) is 27.7 Å². The molecule has 6 heteroatoms. The van der Waals surface area contributed by atoms with Gasteiger partial charge in [-0.3, -0.25) is 0 Å². The van der Waals surface area contributed by atoms with Gasteiger partial charge >= 0.3 is 0 Å². The first kappa shape index (κ1) is 29.7. The maximum Gasteiger partial charge on any atom is 0.165 e. The molecule has 3 nitrogen and oxygen atoms in total. The van der Waals surface area contributed by atoms with Gasteiger partial charge in [0.05, 0.1) is 25.4 Å². The number of benzene rings is 2. The Morgan fingerprint density at radius 3 is 1.92 bits per heavy atom. The van der Waals surface area contributed by atoms with Crippen LogP contribution in [0.4, 0.5) is 13.2 Å². The van der Waals surface area contributed by atoms with Gasteiger partial charge in [0, 0.05) is 6.61 Å². The molecule has 2 aliphatic carbocycles. The van der Waals surface area contributed by atoms with Crippen LogP contribution in [0.15, 0.2) is 43.0 Å². The first-order valence-electron chi connectivity index (χ1n) is 14.7. The minimum Gasteiger partial charge on any atom is -0.490 e. The summed E-state index contributed by atoms with van der Waals surface area (Å²) in [5.41, 5.74) is 1.75. The van der Waals surface area contributed by atoms with Gasteiger partial charge in [-0.25, -0.2) is 13.2 Å². The molecule has 0 bridgehead atoms. The molecule has 2 aromatic rings. The molecule has 0 radical (unpaired) electrons. The monoisotopic (exact) mass is 544 g/mol. The summed E-state index contributed by atoms with van der Waals surface area (Å²) in [7, 11) is 0. The van der Waals surface area contributed by atoms with Crippen molar-refractivity contribution in [2.45, 2.75) is 108 Å². The van der Waals surface area contributed by atoms with Crippen LogP contribution in [-0.4, -0.2) is 25.4 Å². The molecule has 2 aliphatic rings. The summed E-state index contributed by atoms with van der Waals surface area (Å²) in [4.78, 5) is 0. The van der Waals surface area contributed by atoms with Gasteiger partial charge in [-0.15, -0.1) is 6.58 Å². The van der Waals surface area contributed by atoms with Crippen LogP contribution >= 0.6 is 0 Å². The lowest BCUT2D eigenvalue weighted by atomic mass is 9.79. The number of hydrogen-bond acceptors (Lipinski definition) is 3. The molecule has 0 unspecified atom stereocenters. The zero-order valence-electron chi connectivity index (χ0n) is 23.2. The number of ether oxygens (including phenoxy) is 3. The SMILES string of the molecule is C=CCCOc1ccc(COC2CCC(c3ccc(C4CCC(OCCCC)CC4)c(F)c3F)CC2)cc1F. The van der Waals surface area contributed by atoms with Crippen molar-refractivity contribution in [2.75, 3.05) is 13.2 Å². The van der Waals surface area contributed by atoms with E-state index in [1.54, 1.807) is 12.1 Å². The highest BCUT2D eigenvalue weighted by Gasteiger charge is 2.30. The fourth-order valence-electron chi connectivity index (χ4n) is 5.90. The third-order valence-electron chi connectivity index (χ3n) is 8.28. The van der Waals surface area contributed by atoms with Crippen molar-refractivity contribution >= 4 is 0 Å². The second kappa shape index (κ2) is 14.9. The van der Waals surface area contributed by atoms with E-state index in [1.165, 1.54) is 6.07 Å². The Bertz CT molecular complexity index is 1060. The molecule has 0 amide bonds. The molecule has 0 aliphatic heterocycles. The lowest BCUT2D eigenvalue weighted by molar-refractivity contribution is 0.0129. The predicted molar refractivity (Wildman–Crippen MR) is 149 cm³/mol. The summed E-state index contributed by atoms with van der Waals surface area (Å²) >= 11 is 0. The summed E-state index contributed by atoms with van der Waals surface area (Å²) in [6.45, 7) is 7.26. The van der Waals surface area contributed by atoms with Crippen molar-refractivity contribution < 1.29 is 27.4 Å². The van der Waals surface area contributed by atoms with E-state index in [0.717, 1.165) is 76.4 Å². The molecule has 0 saturated heterocycles. The van der Waals surface area contributed by atoms with Gasteiger partial charge < -0.3 is 14.2 Å². The highest BCUT2D eigenvalue weighted by atomic mass is 19.2. The lowest BCUT2D eigenvalue weighted by Gasteiger charge is -2.31. The molecule has 2 aromatic carbocycles. The number of rotatable bonds is 13. The van der Waals surface area contributed by atoms with Gasteiger partial charge in [-0.2, -0.15) is 0 Å². The highest BCUT2D eigenvalue weighted by Crippen LogP contribution is 2.40. The first-order chi connectivity index (χ1) is 19.0. The van der Waals surface area contributed by atoms with Crippen molar-refractivity contribution in [3.05, 3.63) is 77.1 Å². The largest absolute Gasteiger partial charge is 0.490 e. The van der Waals surface area contributed by atoms with Crippen LogP contribution in [0.2, 0.25) is 0 Å². The number of halogens is 3. The molecule has 0 spiro atoms. The molecule has 0 aromatic heterocycles. The van der Waals surface area contributed by atoms with Gasteiger partial charge in [-0.1, -0.05) is 37.6 Å². The summed E-state index contributed by atoms with van der Waals surface area (Å²) in [5, 5.41) is 0. The van der Waals surface area contributed by atoms with Crippen LogP contribution in [0.5, 0.6) is 5.75 Å². The molecule has 0 heterocycles. The van der Waals surface area contributed by atoms with Gasteiger partial charge in [0.2, 0.25) is 0 Å². The Labute approximate surface area is 231 Å². The number of unbranched alkanes of at least 4 members (excludes halogenated alkanes) is 1. The third kappa shape index (κ3) is 8.11. The highest BCUT2D eigenvalue weighted by molar-refractivity contribution is 5.32. The molecular formula is C33H43F3O3. The Balaban J connectivity index is 1.25. The standard InChI is InChI=1S/C33H43F3O3/c1-3-5-19-37-26-12-8-24(9-13-26)28-16-17-29(33(36)32(28)35)25-10-14-27(15-11-25)39-22-23-7-18-31(30(34)21-23)38-20-6-4-2/h4,7,16-18,21,24-27H,2-3,5-6,8-15,19-20,22H2,1H3.